The van der Waals surface area contributed by atoms with Crippen molar-refractivity contribution in [3.05, 3.63) is 65.2 Å². The Kier molecular flexibility index (Phi) is 8.55. The lowest BCUT2D eigenvalue weighted by atomic mass is 10.0. The van der Waals surface area contributed by atoms with Crippen molar-refractivity contribution in [2.24, 2.45) is 0 Å². The summed E-state index contributed by atoms with van der Waals surface area (Å²) in [6.45, 7) is 4.37. The summed E-state index contributed by atoms with van der Waals surface area (Å²) in [7, 11) is 4.05. The highest BCUT2D eigenvalue weighted by atomic mass is 32.2. The fourth-order valence-corrected chi connectivity index (χ4v) is 4.79. The zero-order chi connectivity index (χ0) is 22.2. The second-order valence-electron chi connectivity index (χ2n) is 8.16. The first-order valence-corrected chi connectivity index (χ1v) is 12.0. The number of nitrogens with zero attached hydrogens (tertiary/aromatic N) is 2. The third kappa shape index (κ3) is 6.34. The van der Waals surface area contributed by atoms with E-state index in [0.717, 1.165) is 37.2 Å². The average Bonchev–Trinajstić information content (AvgIpc) is 3.33. The van der Waals surface area contributed by atoms with Crippen LogP contribution in [0.2, 0.25) is 0 Å². The van der Waals surface area contributed by atoms with Crippen molar-refractivity contribution in [1.29, 1.82) is 0 Å². The predicted molar refractivity (Wildman–Crippen MR) is 128 cm³/mol. The van der Waals surface area contributed by atoms with Gasteiger partial charge < -0.3 is 15.1 Å². The summed E-state index contributed by atoms with van der Waals surface area (Å²) in [4.78, 5) is 30.3. The quantitative estimate of drug-likeness (QED) is 0.600. The molecule has 1 aliphatic rings. The number of aryl methyl sites for hydroxylation is 1. The second-order valence-corrected chi connectivity index (χ2v) is 9.17. The van der Waals surface area contributed by atoms with Gasteiger partial charge >= 0.3 is 0 Å². The molecule has 0 saturated carbocycles. The van der Waals surface area contributed by atoms with Crippen LogP contribution in [0.3, 0.4) is 0 Å². The van der Waals surface area contributed by atoms with Crippen LogP contribution in [0.5, 0.6) is 0 Å². The monoisotopic (exact) mass is 439 g/mol. The van der Waals surface area contributed by atoms with Gasteiger partial charge in [0.15, 0.2) is 0 Å². The first-order chi connectivity index (χ1) is 15.0. The van der Waals surface area contributed by atoms with Gasteiger partial charge in [0.25, 0.3) is 5.91 Å². The third-order valence-corrected chi connectivity index (χ3v) is 6.85. The number of rotatable bonds is 9. The van der Waals surface area contributed by atoms with E-state index in [-0.39, 0.29) is 17.9 Å². The Morgan fingerprint density at radius 2 is 1.74 bits per heavy atom. The van der Waals surface area contributed by atoms with Crippen molar-refractivity contribution in [2.75, 3.05) is 39.5 Å². The molecule has 0 aromatic heterocycles. The third-order valence-electron chi connectivity index (χ3n) is 5.79. The molecule has 2 aromatic rings. The van der Waals surface area contributed by atoms with E-state index < -0.39 is 0 Å². The number of thioether (sulfide) groups is 1. The van der Waals surface area contributed by atoms with E-state index in [0.29, 0.717) is 17.9 Å². The Morgan fingerprint density at radius 3 is 2.39 bits per heavy atom. The zero-order valence-electron chi connectivity index (χ0n) is 18.8. The number of likely N-dealkylation sites (tertiary alicyclic amines) is 1. The van der Waals surface area contributed by atoms with Crippen molar-refractivity contribution in [2.45, 2.75) is 37.1 Å². The molecule has 0 spiro atoms. The van der Waals surface area contributed by atoms with Gasteiger partial charge in [-0.05, 0) is 56.6 Å². The zero-order valence-corrected chi connectivity index (χ0v) is 19.6. The standard InChI is InChI=1S/C25H33N3O2S/c1-4-19-11-13-20(14-12-19)22(27(2)3)17-26-25(30)21-9-5-6-10-23(21)31-18-24(29)28-15-7-8-16-28/h5-6,9-14,22H,4,7-8,15-18H2,1-3H3,(H,26,30)/t22-/m0/s1. The van der Waals surface area contributed by atoms with Gasteiger partial charge in [0.1, 0.15) is 0 Å². The van der Waals surface area contributed by atoms with Gasteiger partial charge in [0.2, 0.25) is 5.91 Å². The van der Waals surface area contributed by atoms with E-state index in [4.69, 9.17) is 0 Å². The van der Waals surface area contributed by atoms with Crippen LogP contribution < -0.4 is 5.32 Å². The molecular weight excluding hydrogens is 406 g/mol. The molecule has 31 heavy (non-hydrogen) atoms. The maximum absolute atomic E-state index is 13.0. The maximum Gasteiger partial charge on any atom is 0.252 e. The Morgan fingerprint density at radius 1 is 1.06 bits per heavy atom. The molecule has 166 valence electrons. The van der Waals surface area contributed by atoms with Crippen LogP contribution in [0.4, 0.5) is 0 Å². The van der Waals surface area contributed by atoms with Crippen LogP contribution >= 0.6 is 11.8 Å². The van der Waals surface area contributed by atoms with Gasteiger partial charge in [0.05, 0.1) is 17.4 Å². The number of carbonyl (C=O) groups is 2. The van der Waals surface area contributed by atoms with E-state index in [1.807, 2.05) is 43.3 Å². The highest BCUT2D eigenvalue weighted by Gasteiger charge is 2.20. The Labute approximate surface area is 190 Å². The smallest absolute Gasteiger partial charge is 0.252 e. The van der Waals surface area contributed by atoms with Gasteiger partial charge in [-0.1, -0.05) is 43.3 Å². The number of likely N-dealkylation sites (N-methyl/N-ethyl adjacent to an activating group) is 1. The van der Waals surface area contributed by atoms with Crippen molar-refractivity contribution in [1.82, 2.24) is 15.1 Å². The lowest BCUT2D eigenvalue weighted by Crippen LogP contribution is -2.34. The molecule has 0 aliphatic carbocycles. The molecule has 1 aliphatic heterocycles. The Bertz CT molecular complexity index is 877. The number of nitrogens with one attached hydrogen (secondary N) is 1. The summed E-state index contributed by atoms with van der Waals surface area (Å²) in [5.41, 5.74) is 3.11. The van der Waals surface area contributed by atoms with Gasteiger partial charge in [-0.15, -0.1) is 11.8 Å². The molecule has 1 atom stereocenters. The fraction of sp³-hybridized carbons (Fsp3) is 0.440. The highest BCUT2D eigenvalue weighted by molar-refractivity contribution is 8.00. The van der Waals surface area contributed by atoms with Crippen molar-refractivity contribution >= 4 is 23.6 Å². The summed E-state index contributed by atoms with van der Waals surface area (Å²) in [6, 6.07) is 16.2. The van der Waals surface area contributed by atoms with Gasteiger partial charge in [-0.2, -0.15) is 0 Å². The first-order valence-electron chi connectivity index (χ1n) is 11.0. The predicted octanol–water partition coefficient (Wildman–Crippen LogP) is 4.00. The average molecular weight is 440 g/mol. The number of benzene rings is 2. The van der Waals surface area contributed by atoms with Crippen LogP contribution in [0.25, 0.3) is 0 Å². The topological polar surface area (TPSA) is 52.7 Å². The normalized spacial score (nSPS) is 14.6. The van der Waals surface area contributed by atoms with Crippen LogP contribution in [0.1, 0.15) is 47.3 Å². The lowest BCUT2D eigenvalue weighted by Gasteiger charge is -2.25. The van der Waals surface area contributed by atoms with E-state index in [2.05, 4.69) is 41.4 Å². The summed E-state index contributed by atoms with van der Waals surface area (Å²) >= 11 is 1.45. The molecule has 1 fully saturated rings. The summed E-state index contributed by atoms with van der Waals surface area (Å²) < 4.78 is 0. The maximum atomic E-state index is 13.0. The Balaban J connectivity index is 1.63. The summed E-state index contributed by atoms with van der Waals surface area (Å²) in [5, 5.41) is 3.10. The second kappa shape index (κ2) is 11.3. The lowest BCUT2D eigenvalue weighted by molar-refractivity contribution is -0.127. The molecule has 6 heteroatoms. The summed E-state index contributed by atoms with van der Waals surface area (Å²) in [5.74, 6) is 0.420. The molecule has 0 radical (unpaired) electrons. The van der Waals surface area contributed by atoms with E-state index in [1.165, 1.54) is 22.9 Å². The molecule has 1 saturated heterocycles. The number of hydrogen-bond donors (Lipinski definition) is 1. The minimum Gasteiger partial charge on any atom is -0.350 e. The van der Waals surface area contributed by atoms with Gasteiger partial charge in [0, 0.05) is 24.5 Å². The van der Waals surface area contributed by atoms with Crippen molar-refractivity contribution < 1.29 is 9.59 Å². The number of hydrogen-bond acceptors (Lipinski definition) is 4. The largest absolute Gasteiger partial charge is 0.350 e. The van der Waals surface area contributed by atoms with Gasteiger partial charge in [-0.3, -0.25) is 9.59 Å². The van der Waals surface area contributed by atoms with Crippen molar-refractivity contribution in [3.8, 4) is 0 Å². The minimum atomic E-state index is -0.103. The van der Waals surface area contributed by atoms with Crippen LogP contribution in [0, 0.1) is 0 Å². The first kappa shape index (κ1) is 23.4. The molecule has 5 nitrogen and oxygen atoms in total. The minimum absolute atomic E-state index is 0.0893. The van der Waals surface area contributed by atoms with Crippen LogP contribution in [-0.2, 0) is 11.2 Å². The van der Waals surface area contributed by atoms with E-state index in [9.17, 15) is 9.59 Å². The van der Waals surface area contributed by atoms with Crippen LogP contribution in [0.15, 0.2) is 53.4 Å². The molecule has 2 aromatic carbocycles. The van der Waals surface area contributed by atoms with Gasteiger partial charge in [-0.25, -0.2) is 0 Å². The molecule has 0 unspecified atom stereocenters. The highest BCUT2D eigenvalue weighted by Crippen LogP contribution is 2.24. The Hall–Kier alpha value is -2.31. The molecule has 0 bridgehead atoms. The number of amides is 2. The summed E-state index contributed by atoms with van der Waals surface area (Å²) in [6.07, 6.45) is 3.19. The molecule has 3 rings (SSSR count). The molecular formula is C25H33N3O2S. The van der Waals surface area contributed by atoms with E-state index >= 15 is 0 Å². The van der Waals surface area contributed by atoms with E-state index in [1.54, 1.807) is 0 Å². The molecule has 1 heterocycles. The number of carbonyl (C=O) groups excluding carboxylic acids is 2. The molecule has 1 N–H and O–H groups in total. The fourth-order valence-electron chi connectivity index (χ4n) is 3.84. The van der Waals surface area contributed by atoms with Crippen LogP contribution in [-0.4, -0.2) is 61.1 Å². The SMILES string of the molecule is CCc1ccc([C@H](CNC(=O)c2ccccc2SCC(=O)N2CCCC2)N(C)C)cc1. The molecule has 2 amide bonds. The van der Waals surface area contributed by atoms with Crippen molar-refractivity contribution in [3.63, 3.8) is 0 Å².